The van der Waals surface area contributed by atoms with Crippen molar-refractivity contribution in [3.63, 3.8) is 0 Å². The van der Waals surface area contributed by atoms with Gasteiger partial charge in [-0.1, -0.05) is 6.42 Å². The van der Waals surface area contributed by atoms with Crippen LogP contribution in [-0.4, -0.2) is 91.8 Å². The minimum atomic E-state index is -1.59. The number of imidazole rings is 1. The molecule has 3 amide bonds. The number of unbranched alkanes of at least 4 members (excludes halogenated alkanes) is 1. The van der Waals surface area contributed by atoms with Crippen molar-refractivity contribution in [3.8, 4) is 0 Å². The maximum atomic E-state index is 12.9. The quantitative estimate of drug-likeness (QED) is 0.0960. The molecular weight excluding hydrogens is 478 g/mol. The molecule has 0 aliphatic heterocycles. The van der Waals surface area contributed by atoms with Crippen molar-refractivity contribution < 1.29 is 39.3 Å². The molecule has 1 heterocycles. The lowest BCUT2D eigenvalue weighted by atomic mass is 10.1. The second kappa shape index (κ2) is 15.4. The van der Waals surface area contributed by atoms with Gasteiger partial charge in [0.05, 0.1) is 18.5 Å². The van der Waals surface area contributed by atoms with Crippen LogP contribution in [0.5, 0.6) is 0 Å². The molecule has 1 rings (SSSR count). The Morgan fingerprint density at radius 3 is 2.19 bits per heavy atom. The van der Waals surface area contributed by atoms with Gasteiger partial charge < -0.3 is 47.7 Å². The number of nitrogens with two attached hydrogens (primary N) is 2. The number of aliphatic carboxylic acids is 2. The van der Waals surface area contributed by atoms with Gasteiger partial charge in [-0.05, 0) is 32.7 Å². The van der Waals surface area contributed by atoms with Crippen molar-refractivity contribution in [3.05, 3.63) is 18.2 Å². The van der Waals surface area contributed by atoms with Crippen LogP contribution >= 0.6 is 0 Å². The summed E-state index contributed by atoms with van der Waals surface area (Å²) in [6, 6.07) is -5.33. The van der Waals surface area contributed by atoms with E-state index in [1.54, 1.807) is 0 Å². The van der Waals surface area contributed by atoms with Crippen molar-refractivity contribution in [1.29, 1.82) is 0 Å². The number of carboxylic acid groups (broad SMARTS) is 2. The molecule has 15 nitrogen and oxygen atoms in total. The van der Waals surface area contributed by atoms with E-state index < -0.39 is 66.4 Å². The minimum absolute atomic E-state index is 0.138. The standard InChI is InChI=1S/C21H35N7O8/c1-11(29)17(20(34)27-15(21(35)36)8-12-9-24-10-25-12)28-19(33)14(5-6-16(30)31)26-18(32)13(23)4-2-3-7-22/h9-11,13-15,17,29H,2-8,22-23H2,1H3,(H,24,25)(H,26,32)(H,27,34)(H,28,33)(H,30,31)(H,35,36). The molecule has 0 fully saturated rings. The fourth-order valence-corrected chi connectivity index (χ4v) is 3.19. The first-order valence-electron chi connectivity index (χ1n) is 11.4. The molecule has 36 heavy (non-hydrogen) atoms. The van der Waals surface area contributed by atoms with E-state index in [1.165, 1.54) is 19.4 Å². The van der Waals surface area contributed by atoms with Crippen molar-refractivity contribution >= 4 is 29.7 Å². The van der Waals surface area contributed by atoms with E-state index in [0.717, 1.165) is 0 Å². The first kappa shape index (κ1) is 30.5. The van der Waals surface area contributed by atoms with Gasteiger partial charge in [-0.3, -0.25) is 19.2 Å². The van der Waals surface area contributed by atoms with Crippen LogP contribution in [0.3, 0.4) is 0 Å². The first-order chi connectivity index (χ1) is 17.0. The van der Waals surface area contributed by atoms with Crippen molar-refractivity contribution in [1.82, 2.24) is 25.9 Å². The van der Waals surface area contributed by atoms with Gasteiger partial charge in [-0.25, -0.2) is 9.78 Å². The summed E-state index contributed by atoms with van der Waals surface area (Å²) in [7, 11) is 0. The number of H-pyrrole nitrogens is 1. The Bertz CT molecular complexity index is 878. The van der Waals surface area contributed by atoms with Crippen LogP contribution in [0.4, 0.5) is 0 Å². The van der Waals surface area contributed by atoms with E-state index in [-0.39, 0.29) is 12.8 Å². The third-order valence-electron chi connectivity index (χ3n) is 5.24. The van der Waals surface area contributed by atoms with Crippen LogP contribution < -0.4 is 27.4 Å². The molecule has 0 saturated heterocycles. The molecule has 0 aliphatic carbocycles. The number of aliphatic hydroxyl groups excluding tert-OH is 1. The highest BCUT2D eigenvalue weighted by Gasteiger charge is 2.33. The first-order valence-corrected chi connectivity index (χ1v) is 11.4. The molecule has 0 aliphatic rings. The monoisotopic (exact) mass is 513 g/mol. The van der Waals surface area contributed by atoms with Gasteiger partial charge >= 0.3 is 11.9 Å². The summed E-state index contributed by atoms with van der Waals surface area (Å²) in [6.07, 6.45) is 1.85. The zero-order valence-electron chi connectivity index (χ0n) is 20.0. The highest BCUT2D eigenvalue weighted by Crippen LogP contribution is 2.05. The largest absolute Gasteiger partial charge is 0.481 e. The van der Waals surface area contributed by atoms with Crippen molar-refractivity contribution in [2.45, 2.75) is 75.7 Å². The van der Waals surface area contributed by atoms with Gasteiger partial charge in [0.15, 0.2) is 0 Å². The predicted molar refractivity (Wildman–Crippen MR) is 125 cm³/mol. The minimum Gasteiger partial charge on any atom is -0.481 e. The number of carbonyl (C=O) groups is 5. The zero-order chi connectivity index (χ0) is 27.3. The predicted octanol–water partition coefficient (Wildman–Crippen LogP) is -2.81. The molecule has 5 atom stereocenters. The van der Waals surface area contributed by atoms with E-state index in [1.807, 2.05) is 0 Å². The number of aromatic amines is 1. The summed E-state index contributed by atoms with van der Waals surface area (Å²) in [4.78, 5) is 67.1. The highest BCUT2D eigenvalue weighted by atomic mass is 16.4. The van der Waals surface area contributed by atoms with Gasteiger partial charge in [0.25, 0.3) is 0 Å². The number of hydrogen-bond acceptors (Lipinski definition) is 9. The van der Waals surface area contributed by atoms with Gasteiger partial charge in [-0.2, -0.15) is 0 Å². The second-order valence-electron chi connectivity index (χ2n) is 8.29. The summed E-state index contributed by atoms with van der Waals surface area (Å²) in [5.41, 5.74) is 11.7. The van der Waals surface area contributed by atoms with E-state index in [9.17, 15) is 34.2 Å². The van der Waals surface area contributed by atoms with E-state index in [0.29, 0.717) is 31.5 Å². The molecule has 11 N–H and O–H groups in total. The maximum absolute atomic E-state index is 12.9. The van der Waals surface area contributed by atoms with Crippen LogP contribution in [0.1, 0.15) is 44.7 Å². The average Bonchev–Trinajstić information content (AvgIpc) is 3.32. The lowest BCUT2D eigenvalue weighted by molar-refractivity contribution is -0.143. The Balaban J connectivity index is 2.92. The van der Waals surface area contributed by atoms with E-state index in [4.69, 9.17) is 16.6 Å². The van der Waals surface area contributed by atoms with Gasteiger partial charge in [0.1, 0.15) is 18.1 Å². The third kappa shape index (κ3) is 10.8. The second-order valence-corrected chi connectivity index (χ2v) is 8.29. The van der Waals surface area contributed by atoms with Crippen LogP contribution in [0.25, 0.3) is 0 Å². The number of nitrogens with zero attached hydrogens (tertiary/aromatic N) is 1. The summed E-state index contributed by atoms with van der Waals surface area (Å²) in [5.74, 6) is -5.21. The Hall–Kier alpha value is -3.56. The Labute approximate surface area is 207 Å². The zero-order valence-corrected chi connectivity index (χ0v) is 20.0. The number of amides is 3. The Morgan fingerprint density at radius 1 is 1.00 bits per heavy atom. The summed E-state index contributed by atoms with van der Waals surface area (Å²) >= 11 is 0. The van der Waals surface area contributed by atoms with E-state index in [2.05, 4.69) is 25.9 Å². The SMILES string of the molecule is CC(O)C(NC(=O)C(CCC(=O)O)NC(=O)C(N)CCCCN)C(=O)NC(Cc1cnc[nH]1)C(=O)O. The number of nitrogens with one attached hydrogen (secondary N) is 4. The molecular formula is C21H35N7O8. The molecule has 0 spiro atoms. The summed E-state index contributed by atoms with van der Waals surface area (Å²) in [5, 5.41) is 35.4. The van der Waals surface area contributed by atoms with Gasteiger partial charge in [0.2, 0.25) is 17.7 Å². The van der Waals surface area contributed by atoms with Crippen molar-refractivity contribution in [2.24, 2.45) is 11.5 Å². The lowest BCUT2D eigenvalue weighted by Gasteiger charge is -2.26. The topological polar surface area (TPSA) is 263 Å². The molecule has 0 bridgehead atoms. The molecule has 5 unspecified atom stereocenters. The molecule has 15 heteroatoms. The number of aromatic nitrogens is 2. The van der Waals surface area contributed by atoms with Crippen LogP contribution in [0.15, 0.2) is 12.5 Å². The fraction of sp³-hybridized carbons (Fsp3) is 0.619. The Kier molecular flexibility index (Phi) is 13.1. The third-order valence-corrected chi connectivity index (χ3v) is 5.24. The smallest absolute Gasteiger partial charge is 0.326 e. The summed E-state index contributed by atoms with van der Waals surface area (Å²) in [6.45, 7) is 1.62. The van der Waals surface area contributed by atoms with Crippen LogP contribution in [0, 0.1) is 0 Å². The van der Waals surface area contributed by atoms with Crippen LogP contribution in [0.2, 0.25) is 0 Å². The molecule has 202 valence electrons. The molecule has 1 aromatic rings. The van der Waals surface area contributed by atoms with Crippen LogP contribution in [-0.2, 0) is 30.4 Å². The maximum Gasteiger partial charge on any atom is 0.326 e. The number of carbonyl (C=O) groups excluding carboxylic acids is 3. The van der Waals surface area contributed by atoms with Gasteiger partial charge in [-0.15, -0.1) is 0 Å². The van der Waals surface area contributed by atoms with E-state index >= 15 is 0 Å². The molecule has 1 aromatic heterocycles. The number of hydrogen-bond donors (Lipinski definition) is 9. The summed E-state index contributed by atoms with van der Waals surface area (Å²) < 4.78 is 0. The number of carboxylic acids is 2. The Morgan fingerprint density at radius 2 is 1.67 bits per heavy atom. The average molecular weight is 514 g/mol. The highest BCUT2D eigenvalue weighted by molar-refractivity contribution is 5.94. The molecule has 0 saturated carbocycles. The molecule has 0 radical (unpaired) electrons. The lowest BCUT2D eigenvalue weighted by Crippen LogP contribution is -2.60. The van der Waals surface area contributed by atoms with Crippen molar-refractivity contribution in [2.75, 3.05) is 6.54 Å². The fourth-order valence-electron chi connectivity index (χ4n) is 3.19. The number of rotatable bonds is 17. The number of aliphatic hydroxyl groups is 1. The normalized spacial score (nSPS) is 15.1. The van der Waals surface area contributed by atoms with Gasteiger partial charge in [0, 0.05) is 24.7 Å². The molecule has 0 aromatic carbocycles.